The van der Waals surface area contributed by atoms with Gasteiger partial charge in [-0.3, -0.25) is 4.79 Å². The number of aryl methyl sites for hydroxylation is 1. The third-order valence-corrected chi connectivity index (χ3v) is 6.13. The number of nitrogens with zero attached hydrogens (tertiary/aromatic N) is 1. The molecule has 1 unspecified atom stereocenters. The number of nitrogens with two attached hydrogens (primary N) is 1. The van der Waals surface area contributed by atoms with Crippen LogP contribution >= 0.6 is 0 Å². The molecule has 2 aromatic rings. The van der Waals surface area contributed by atoms with Crippen molar-refractivity contribution in [2.24, 2.45) is 17.1 Å². The summed E-state index contributed by atoms with van der Waals surface area (Å²) in [6, 6.07) is 12.9. The fourth-order valence-corrected chi connectivity index (χ4v) is 3.76. The first kappa shape index (κ1) is 29.0. The monoisotopic (exact) mass is 498 g/mol. The average molecular weight is 499 g/mol. The number of phenolic OH excluding ortho intramolecular Hbond substituents is 1. The third-order valence-electron chi connectivity index (χ3n) is 6.13. The molecule has 2 rings (SSSR count). The van der Waals surface area contributed by atoms with E-state index in [2.05, 4.69) is 45.0 Å². The highest BCUT2D eigenvalue weighted by Crippen LogP contribution is 2.27. The van der Waals surface area contributed by atoms with E-state index in [0.717, 1.165) is 18.4 Å². The van der Waals surface area contributed by atoms with Crippen LogP contribution in [0.4, 0.5) is 4.79 Å². The molecule has 7 heteroatoms. The summed E-state index contributed by atoms with van der Waals surface area (Å²) in [6.45, 7) is 12.8. The lowest BCUT2D eigenvalue weighted by Gasteiger charge is -2.27. The van der Waals surface area contributed by atoms with E-state index in [0.29, 0.717) is 12.3 Å². The number of primary amides is 1. The van der Waals surface area contributed by atoms with Crippen LogP contribution in [-0.2, 0) is 27.9 Å². The van der Waals surface area contributed by atoms with Crippen molar-refractivity contribution in [1.82, 2.24) is 4.90 Å². The van der Waals surface area contributed by atoms with E-state index in [1.165, 1.54) is 29.2 Å². The fraction of sp³-hybridized carbons (Fsp3) is 0.517. The minimum Gasteiger partial charge on any atom is -0.504 e. The zero-order chi connectivity index (χ0) is 27.1. The minimum absolute atomic E-state index is 0.0244. The van der Waals surface area contributed by atoms with E-state index in [-0.39, 0.29) is 36.2 Å². The molecule has 36 heavy (non-hydrogen) atoms. The smallest absolute Gasteiger partial charge is 0.315 e. The number of methoxy groups -OCH3 is 1. The molecule has 0 aliphatic carbocycles. The van der Waals surface area contributed by atoms with Gasteiger partial charge in [0.25, 0.3) is 0 Å². The molecule has 0 heterocycles. The summed E-state index contributed by atoms with van der Waals surface area (Å²) in [7, 11) is 1.47. The summed E-state index contributed by atoms with van der Waals surface area (Å²) in [5.41, 5.74) is 8.42. The Labute approximate surface area is 215 Å². The normalized spacial score (nSPS) is 12.6. The Morgan fingerprint density at radius 3 is 2.14 bits per heavy atom. The fourth-order valence-electron chi connectivity index (χ4n) is 3.76. The van der Waals surface area contributed by atoms with Crippen molar-refractivity contribution in [3.63, 3.8) is 0 Å². The van der Waals surface area contributed by atoms with Gasteiger partial charge in [0.2, 0.25) is 0 Å². The first-order valence-electron chi connectivity index (χ1n) is 12.4. The molecule has 7 nitrogen and oxygen atoms in total. The van der Waals surface area contributed by atoms with Crippen molar-refractivity contribution < 1.29 is 24.2 Å². The standard InChI is InChI=1S/C29H42N2O5/c1-28(2,3)23-13-10-20(11-14-23)8-9-22(19-36-26(33)29(4,5)6)18-31(27(30)34)17-21-12-15-24(32)25(16-21)35-7/h10-16,22,32H,8-9,17-19H2,1-7H3,(H2,30,34). The Kier molecular flexibility index (Phi) is 9.79. The predicted molar refractivity (Wildman–Crippen MR) is 142 cm³/mol. The van der Waals surface area contributed by atoms with Gasteiger partial charge in [0, 0.05) is 19.0 Å². The maximum absolute atomic E-state index is 12.4. The van der Waals surface area contributed by atoms with Crippen molar-refractivity contribution in [2.45, 2.75) is 66.3 Å². The topological polar surface area (TPSA) is 102 Å². The predicted octanol–water partition coefficient (Wildman–Crippen LogP) is 5.42. The summed E-state index contributed by atoms with van der Waals surface area (Å²) in [6.07, 6.45) is 1.50. The number of benzene rings is 2. The van der Waals surface area contributed by atoms with Crippen LogP contribution in [-0.4, -0.2) is 42.3 Å². The zero-order valence-electron chi connectivity index (χ0n) is 22.8. The molecule has 0 aliphatic rings. The number of rotatable bonds is 10. The molecule has 198 valence electrons. The summed E-state index contributed by atoms with van der Waals surface area (Å²) >= 11 is 0. The Hall–Kier alpha value is -3.22. The molecule has 2 amide bonds. The van der Waals surface area contributed by atoms with E-state index in [4.69, 9.17) is 15.2 Å². The molecule has 0 bridgehead atoms. The average Bonchev–Trinajstić information content (AvgIpc) is 2.79. The van der Waals surface area contributed by atoms with Crippen LogP contribution in [0.3, 0.4) is 0 Å². The van der Waals surface area contributed by atoms with E-state index >= 15 is 0 Å². The molecule has 1 atom stereocenters. The lowest BCUT2D eigenvalue weighted by Crippen LogP contribution is -2.40. The second-order valence-corrected chi connectivity index (χ2v) is 11.4. The molecule has 0 fully saturated rings. The van der Waals surface area contributed by atoms with Gasteiger partial charge in [-0.1, -0.05) is 51.1 Å². The molecular weight excluding hydrogens is 456 g/mol. The van der Waals surface area contributed by atoms with Crippen LogP contribution in [0.5, 0.6) is 11.5 Å². The molecular formula is C29H42N2O5. The van der Waals surface area contributed by atoms with Crippen molar-refractivity contribution in [3.05, 3.63) is 59.2 Å². The van der Waals surface area contributed by atoms with Gasteiger partial charge < -0.3 is 25.2 Å². The van der Waals surface area contributed by atoms with Crippen LogP contribution in [0.25, 0.3) is 0 Å². The Morgan fingerprint density at radius 2 is 1.61 bits per heavy atom. The van der Waals surface area contributed by atoms with Gasteiger partial charge in [0.1, 0.15) is 0 Å². The van der Waals surface area contributed by atoms with Gasteiger partial charge in [-0.05, 0) is 67.9 Å². The van der Waals surface area contributed by atoms with Gasteiger partial charge >= 0.3 is 12.0 Å². The largest absolute Gasteiger partial charge is 0.504 e. The Morgan fingerprint density at radius 1 is 1.00 bits per heavy atom. The summed E-state index contributed by atoms with van der Waals surface area (Å²) in [5, 5.41) is 9.87. The molecule has 3 N–H and O–H groups in total. The first-order chi connectivity index (χ1) is 16.7. The number of ether oxygens (including phenoxy) is 2. The summed E-state index contributed by atoms with van der Waals surface area (Å²) < 4.78 is 10.8. The number of hydrogen-bond acceptors (Lipinski definition) is 5. The first-order valence-corrected chi connectivity index (χ1v) is 12.4. The van der Waals surface area contributed by atoms with Gasteiger partial charge in [0.15, 0.2) is 11.5 Å². The molecule has 0 aliphatic heterocycles. The molecule has 0 aromatic heterocycles. The van der Waals surface area contributed by atoms with Gasteiger partial charge in [0.05, 0.1) is 19.1 Å². The van der Waals surface area contributed by atoms with Crippen LogP contribution in [0.15, 0.2) is 42.5 Å². The number of aromatic hydroxyl groups is 1. The lowest BCUT2D eigenvalue weighted by atomic mass is 9.86. The summed E-state index contributed by atoms with van der Waals surface area (Å²) in [4.78, 5) is 26.3. The zero-order valence-corrected chi connectivity index (χ0v) is 22.8. The second-order valence-electron chi connectivity index (χ2n) is 11.4. The molecule has 2 aromatic carbocycles. The van der Waals surface area contributed by atoms with Gasteiger partial charge in [-0.15, -0.1) is 0 Å². The highest BCUT2D eigenvalue weighted by molar-refractivity contribution is 5.75. The highest BCUT2D eigenvalue weighted by atomic mass is 16.5. The second kappa shape index (κ2) is 12.2. The van der Waals surface area contributed by atoms with Crippen LogP contribution in [0.2, 0.25) is 0 Å². The highest BCUT2D eigenvalue weighted by Gasteiger charge is 2.26. The number of urea groups is 1. The SMILES string of the molecule is COc1cc(CN(CC(CCc2ccc(C(C)(C)C)cc2)COC(=O)C(C)(C)C)C(N)=O)ccc1O. The van der Waals surface area contributed by atoms with E-state index in [1.54, 1.807) is 12.1 Å². The minimum atomic E-state index is -0.612. The van der Waals surface area contributed by atoms with Crippen molar-refractivity contribution in [1.29, 1.82) is 0 Å². The number of amides is 2. The van der Waals surface area contributed by atoms with Crippen LogP contribution in [0.1, 0.15) is 64.7 Å². The number of hydrogen-bond donors (Lipinski definition) is 2. The van der Waals surface area contributed by atoms with Crippen molar-refractivity contribution >= 4 is 12.0 Å². The molecule has 0 spiro atoms. The maximum atomic E-state index is 12.4. The van der Waals surface area contributed by atoms with Crippen LogP contribution in [0, 0.1) is 11.3 Å². The van der Waals surface area contributed by atoms with E-state index < -0.39 is 11.4 Å². The number of esters is 1. The molecule has 0 saturated carbocycles. The number of phenols is 1. The molecule has 0 radical (unpaired) electrons. The number of carbonyl (C=O) groups is 2. The van der Waals surface area contributed by atoms with Crippen molar-refractivity contribution in [2.75, 3.05) is 20.3 Å². The van der Waals surface area contributed by atoms with E-state index in [1.807, 2.05) is 20.8 Å². The Balaban J connectivity index is 2.17. The lowest BCUT2D eigenvalue weighted by molar-refractivity contribution is -0.154. The quantitative estimate of drug-likeness (QED) is 0.426. The summed E-state index contributed by atoms with van der Waals surface area (Å²) in [5.74, 6) is -0.0383. The van der Waals surface area contributed by atoms with E-state index in [9.17, 15) is 14.7 Å². The van der Waals surface area contributed by atoms with Crippen molar-refractivity contribution in [3.8, 4) is 11.5 Å². The Bertz CT molecular complexity index is 1020. The maximum Gasteiger partial charge on any atom is 0.315 e. The van der Waals surface area contributed by atoms with Crippen LogP contribution < -0.4 is 10.5 Å². The molecule has 0 saturated heterocycles. The van der Waals surface area contributed by atoms with Gasteiger partial charge in [-0.2, -0.15) is 0 Å². The third kappa shape index (κ3) is 8.77. The number of carbonyl (C=O) groups excluding carboxylic acids is 2. The van der Waals surface area contributed by atoms with Gasteiger partial charge in [-0.25, -0.2) is 4.79 Å².